The summed E-state index contributed by atoms with van der Waals surface area (Å²) < 4.78 is 3.54. The lowest BCUT2D eigenvalue weighted by molar-refractivity contribution is 0.0688. The van der Waals surface area contributed by atoms with Gasteiger partial charge >= 0.3 is 5.97 Å². The molecule has 0 unspecified atom stereocenters. The van der Waals surface area contributed by atoms with Crippen LogP contribution in [-0.2, 0) is 13.1 Å². The fourth-order valence-electron chi connectivity index (χ4n) is 2.31. The molecule has 0 aliphatic rings. The van der Waals surface area contributed by atoms with E-state index in [-0.39, 0.29) is 11.6 Å². The Labute approximate surface area is 117 Å². The molecule has 0 saturated heterocycles. The number of nitrogens with zero attached hydrogens (tertiary/aromatic N) is 5. The molecular weight excluding hydrogens is 258 g/mol. The van der Waals surface area contributed by atoms with Gasteiger partial charge < -0.3 is 5.11 Å². The summed E-state index contributed by atoms with van der Waals surface area (Å²) in [7, 11) is 0. The number of hydrogen-bond acceptors (Lipinski definition) is 4. The maximum absolute atomic E-state index is 11.2. The monoisotopic (exact) mass is 277 g/mol. The van der Waals surface area contributed by atoms with E-state index in [1.807, 2.05) is 38.4 Å². The van der Waals surface area contributed by atoms with E-state index >= 15 is 0 Å². The van der Waals surface area contributed by atoms with Crippen LogP contribution < -0.4 is 0 Å². The van der Waals surface area contributed by atoms with Gasteiger partial charge in [0.2, 0.25) is 0 Å². The Morgan fingerprint density at radius 3 is 2.65 bits per heavy atom. The van der Waals surface area contributed by atoms with Crippen molar-refractivity contribution in [3.05, 3.63) is 28.8 Å². The summed E-state index contributed by atoms with van der Waals surface area (Å²) in [5, 5.41) is 21.3. The van der Waals surface area contributed by atoms with E-state index in [2.05, 4.69) is 15.4 Å². The van der Waals surface area contributed by atoms with Crippen molar-refractivity contribution in [2.45, 2.75) is 46.7 Å². The van der Waals surface area contributed by atoms with Gasteiger partial charge in [-0.3, -0.25) is 4.68 Å². The van der Waals surface area contributed by atoms with Crippen LogP contribution in [0.25, 0.3) is 0 Å². The third-order valence-corrected chi connectivity index (χ3v) is 3.12. The second-order valence-electron chi connectivity index (χ2n) is 5.03. The summed E-state index contributed by atoms with van der Waals surface area (Å²) in [6.07, 6.45) is 0. The Morgan fingerprint density at radius 1 is 1.40 bits per heavy atom. The zero-order chi connectivity index (χ0) is 14.9. The second kappa shape index (κ2) is 5.44. The molecule has 0 radical (unpaired) electrons. The van der Waals surface area contributed by atoms with Crippen LogP contribution >= 0.6 is 0 Å². The van der Waals surface area contributed by atoms with Crippen LogP contribution in [-0.4, -0.2) is 35.9 Å². The number of carboxylic acids is 1. The molecule has 2 rings (SSSR count). The van der Waals surface area contributed by atoms with Crippen molar-refractivity contribution in [1.29, 1.82) is 0 Å². The Bertz CT molecular complexity index is 627. The van der Waals surface area contributed by atoms with Gasteiger partial charge in [-0.2, -0.15) is 5.10 Å². The molecule has 2 aromatic rings. The SMILES string of the molecule is CCn1nc(C)cc1Cn1nnc(C(=O)O)c1C(C)C. The molecular formula is C13H19N5O2. The van der Waals surface area contributed by atoms with Crippen molar-refractivity contribution in [3.8, 4) is 0 Å². The summed E-state index contributed by atoms with van der Waals surface area (Å²) >= 11 is 0. The summed E-state index contributed by atoms with van der Waals surface area (Å²) in [5.41, 5.74) is 2.60. The largest absolute Gasteiger partial charge is 0.476 e. The molecule has 1 N–H and O–H groups in total. The molecule has 7 nitrogen and oxygen atoms in total. The standard InChI is InChI=1S/C13H19N5O2/c1-5-17-10(6-9(4)15-17)7-18-12(8(2)3)11(13(19)20)14-16-18/h6,8H,5,7H2,1-4H3,(H,19,20). The average molecular weight is 277 g/mol. The summed E-state index contributed by atoms with van der Waals surface area (Å²) in [6.45, 7) is 9.06. The molecule has 2 heterocycles. The van der Waals surface area contributed by atoms with Gasteiger partial charge in [0.15, 0.2) is 5.69 Å². The van der Waals surface area contributed by atoms with Crippen LogP contribution in [0.1, 0.15) is 54.3 Å². The van der Waals surface area contributed by atoms with Crippen molar-refractivity contribution in [3.63, 3.8) is 0 Å². The minimum absolute atomic E-state index is 0.0271. The van der Waals surface area contributed by atoms with Crippen molar-refractivity contribution in [1.82, 2.24) is 24.8 Å². The third-order valence-electron chi connectivity index (χ3n) is 3.12. The Hall–Kier alpha value is -2.18. The van der Waals surface area contributed by atoms with E-state index in [4.69, 9.17) is 5.11 Å². The van der Waals surface area contributed by atoms with Crippen LogP contribution in [0.4, 0.5) is 0 Å². The molecule has 0 aliphatic heterocycles. The first-order valence-electron chi connectivity index (χ1n) is 6.64. The quantitative estimate of drug-likeness (QED) is 0.898. The van der Waals surface area contributed by atoms with Crippen LogP contribution in [0.15, 0.2) is 6.07 Å². The predicted molar refractivity (Wildman–Crippen MR) is 72.8 cm³/mol. The molecule has 0 bridgehead atoms. The molecule has 0 amide bonds. The fourth-order valence-corrected chi connectivity index (χ4v) is 2.31. The topological polar surface area (TPSA) is 85.8 Å². The molecule has 20 heavy (non-hydrogen) atoms. The lowest BCUT2D eigenvalue weighted by atomic mass is 10.1. The molecule has 7 heteroatoms. The third kappa shape index (κ3) is 2.56. The predicted octanol–water partition coefficient (Wildman–Crippen LogP) is 1.67. The van der Waals surface area contributed by atoms with Gasteiger partial charge in [0.25, 0.3) is 0 Å². The Balaban J connectivity index is 2.41. The van der Waals surface area contributed by atoms with E-state index in [0.717, 1.165) is 17.9 Å². The van der Waals surface area contributed by atoms with Crippen molar-refractivity contribution in [2.24, 2.45) is 0 Å². The highest BCUT2D eigenvalue weighted by molar-refractivity contribution is 5.86. The van der Waals surface area contributed by atoms with Crippen LogP contribution in [0.5, 0.6) is 0 Å². The maximum atomic E-state index is 11.2. The molecule has 0 spiro atoms. The lowest BCUT2D eigenvalue weighted by Crippen LogP contribution is -2.13. The first kappa shape index (κ1) is 14.2. The van der Waals surface area contributed by atoms with E-state index in [0.29, 0.717) is 12.2 Å². The number of hydrogen-bond donors (Lipinski definition) is 1. The van der Waals surface area contributed by atoms with E-state index in [1.165, 1.54) is 0 Å². The van der Waals surface area contributed by atoms with Gasteiger partial charge in [-0.25, -0.2) is 9.48 Å². The van der Waals surface area contributed by atoms with E-state index in [1.54, 1.807) is 4.68 Å². The zero-order valence-electron chi connectivity index (χ0n) is 12.2. The second-order valence-corrected chi connectivity index (χ2v) is 5.03. The number of carbonyl (C=O) groups is 1. The zero-order valence-corrected chi connectivity index (χ0v) is 12.2. The van der Waals surface area contributed by atoms with Crippen molar-refractivity contribution in [2.75, 3.05) is 0 Å². The molecule has 0 aromatic carbocycles. The average Bonchev–Trinajstić information content (AvgIpc) is 2.93. The lowest BCUT2D eigenvalue weighted by Gasteiger charge is -2.10. The molecule has 0 atom stereocenters. The molecule has 108 valence electrons. The highest BCUT2D eigenvalue weighted by Crippen LogP contribution is 2.19. The summed E-state index contributed by atoms with van der Waals surface area (Å²) in [5.74, 6) is -1.00. The minimum atomic E-state index is -1.04. The van der Waals surface area contributed by atoms with Gasteiger partial charge in [0, 0.05) is 6.54 Å². The van der Waals surface area contributed by atoms with Gasteiger partial charge in [-0.1, -0.05) is 19.1 Å². The van der Waals surface area contributed by atoms with Crippen LogP contribution in [0.3, 0.4) is 0 Å². The fraction of sp³-hybridized carbons (Fsp3) is 0.538. The first-order chi connectivity index (χ1) is 9.43. The summed E-state index contributed by atoms with van der Waals surface area (Å²) in [4.78, 5) is 11.2. The van der Waals surface area contributed by atoms with Gasteiger partial charge in [0.1, 0.15) is 0 Å². The Morgan fingerprint density at radius 2 is 2.10 bits per heavy atom. The number of aromatic carboxylic acids is 1. The van der Waals surface area contributed by atoms with E-state index in [9.17, 15) is 4.79 Å². The van der Waals surface area contributed by atoms with Crippen LogP contribution in [0, 0.1) is 6.92 Å². The highest BCUT2D eigenvalue weighted by Gasteiger charge is 2.22. The van der Waals surface area contributed by atoms with Gasteiger partial charge in [-0.15, -0.1) is 5.10 Å². The van der Waals surface area contributed by atoms with E-state index < -0.39 is 5.97 Å². The number of rotatable bonds is 5. The normalized spacial score (nSPS) is 11.2. The number of aromatic nitrogens is 5. The first-order valence-corrected chi connectivity index (χ1v) is 6.64. The Kier molecular flexibility index (Phi) is 3.87. The molecule has 0 aliphatic carbocycles. The maximum Gasteiger partial charge on any atom is 0.358 e. The van der Waals surface area contributed by atoms with Crippen LogP contribution in [0.2, 0.25) is 0 Å². The smallest absolute Gasteiger partial charge is 0.358 e. The number of carboxylic acid groups (broad SMARTS) is 1. The molecule has 0 saturated carbocycles. The van der Waals surface area contributed by atoms with Gasteiger partial charge in [-0.05, 0) is 25.8 Å². The number of aryl methyl sites for hydroxylation is 2. The minimum Gasteiger partial charge on any atom is -0.476 e. The molecule has 2 aromatic heterocycles. The van der Waals surface area contributed by atoms with Gasteiger partial charge in [0.05, 0.1) is 23.6 Å². The van der Waals surface area contributed by atoms with Crippen molar-refractivity contribution < 1.29 is 9.90 Å². The van der Waals surface area contributed by atoms with Crippen molar-refractivity contribution >= 4 is 5.97 Å². The highest BCUT2D eigenvalue weighted by atomic mass is 16.4. The molecule has 0 fully saturated rings. The summed E-state index contributed by atoms with van der Waals surface area (Å²) in [6, 6.07) is 1.98.